The number of fused-ring (bicyclic) bond motifs is 1. The summed E-state index contributed by atoms with van der Waals surface area (Å²) in [5, 5.41) is 10.4. The van der Waals surface area contributed by atoms with E-state index < -0.39 is 6.10 Å². The van der Waals surface area contributed by atoms with Crippen LogP contribution < -0.4 is 9.47 Å². The van der Waals surface area contributed by atoms with Crippen molar-refractivity contribution in [1.82, 2.24) is 4.98 Å². The van der Waals surface area contributed by atoms with E-state index in [0.29, 0.717) is 24.7 Å². The van der Waals surface area contributed by atoms with Crippen LogP contribution in [-0.2, 0) is 0 Å². The molecule has 4 heteroatoms. The molecule has 1 aliphatic rings. The van der Waals surface area contributed by atoms with Gasteiger partial charge in [-0.15, -0.1) is 0 Å². The molecule has 0 aliphatic carbocycles. The van der Waals surface area contributed by atoms with E-state index in [-0.39, 0.29) is 0 Å². The van der Waals surface area contributed by atoms with Gasteiger partial charge in [-0.05, 0) is 36.2 Å². The highest BCUT2D eigenvalue weighted by atomic mass is 16.6. The zero-order chi connectivity index (χ0) is 13.2. The molecule has 1 atom stereocenters. The predicted molar refractivity (Wildman–Crippen MR) is 70.5 cm³/mol. The number of ether oxygens (including phenoxy) is 2. The second-order valence-corrected chi connectivity index (χ2v) is 4.51. The van der Waals surface area contributed by atoms with Crippen LogP contribution in [-0.4, -0.2) is 23.3 Å². The lowest BCUT2D eigenvalue weighted by Crippen LogP contribution is -2.16. The standard InChI is InChI=1S/C15H15NO3/c1-10-3-2-6-16-14(10)15(17)11-4-5-12-13(9-11)19-8-7-18-12/h2-6,9,15,17H,7-8H2,1H3. The van der Waals surface area contributed by atoms with E-state index >= 15 is 0 Å². The molecule has 19 heavy (non-hydrogen) atoms. The normalized spacial score (nSPS) is 15.1. The first-order valence-corrected chi connectivity index (χ1v) is 6.25. The molecule has 4 nitrogen and oxygen atoms in total. The van der Waals surface area contributed by atoms with Crippen molar-refractivity contribution >= 4 is 0 Å². The van der Waals surface area contributed by atoms with Gasteiger partial charge in [-0.1, -0.05) is 12.1 Å². The summed E-state index contributed by atoms with van der Waals surface area (Å²) in [6.45, 7) is 3.03. The monoisotopic (exact) mass is 257 g/mol. The van der Waals surface area contributed by atoms with Crippen molar-refractivity contribution in [3.05, 3.63) is 53.3 Å². The molecule has 1 unspecified atom stereocenters. The maximum atomic E-state index is 10.4. The van der Waals surface area contributed by atoms with Gasteiger partial charge in [-0.3, -0.25) is 4.98 Å². The van der Waals surface area contributed by atoms with Gasteiger partial charge in [0.05, 0.1) is 5.69 Å². The lowest BCUT2D eigenvalue weighted by molar-refractivity contribution is 0.169. The third kappa shape index (κ3) is 2.27. The number of pyridine rings is 1. The Morgan fingerprint density at radius 2 is 1.95 bits per heavy atom. The number of aliphatic hydroxyl groups is 1. The highest BCUT2D eigenvalue weighted by Gasteiger charge is 2.18. The van der Waals surface area contributed by atoms with E-state index in [1.54, 1.807) is 6.20 Å². The number of benzene rings is 1. The van der Waals surface area contributed by atoms with Crippen molar-refractivity contribution in [2.75, 3.05) is 13.2 Å². The Bertz CT molecular complexity index is 598. The quantitative estimate of drug-likeness (QED) is 0.896. The second kappa shape index (κ2) is 4.90. The Kier molecular flexibility index (Phi) is 3.09. The molecule has 1 aliphatic heterocycles. The van der Waals surface area contributed by atoms with Crippen LogP contribution in [0.4, 0.5) is 0 Å². The van der Waals surface area contributed by atoms with Crippen molar-refractivity contribution in [3.63, 3.8) is 0 Å². The number of rotatable bonds is 2. The number of hydrogen-bond donors (Lipinski definition) is 1. The summed E-state index contributed by atoms with van der Waals surface area (Å²) in [6, 6.07) is 9.27. The fourth-order valence-corrected chi connectivity index (χ4v) is 2.17. The first kappa shape index (κ1) is 12.0. The molecule has 98 valence electrons. The molecule has 0 radical (unpaired) electrons. The van der Waals surface area contributed by atoms with Crippen LogP contribution in [0.3, 0.4) is 0 Å². The molecular weight excluding hydrogens is 242 g/mol. The summed E-state index contributed by atoms with van der Waals surface area (Å²) in [5.74, 6) is 1.40. The Labute approximate surface area is 111 Å². The lowest BCUT2D eigenvalue weighted by Gasteiger charge is -2.20. The molecule has 3 rings (SSSR count). The zero-order valence-corrected chi connectivity index (χ0v) is 10.7. The van der Waals surface area contributed by atoms with Crippen molar-refractivity contribution < 1.29 is 14.6 Å². The molecule has 0 spiro atoms. The van der Waals surface area contributed by atoms with Crippen LogP contribution in [0.1, 0.15) is 22.9 Å². The third-order valence-electron chi connectivity index (χ3n) is 3.19. The fraction of sp³-hybridized carbons (Fsp3) is 0.267. The van der Waals surface area contributed by atoms with Gasteiger partial charge in [-0.25, -0.2) is 0 Å². The Morgan fingerprint density at radius 3 is 2.74 bits per heavy atom. The van der Waals surface area contributed by atoms with Crippen molar-refractivity contribution in [2.45, 2.75) is 13.0 Å². The first-order chi connectivity index (χ1) is 9.25. The number of nitrogens with zero attached hydrogens (tertiary/aromatic N) is 1. The molecule has 1 aromatic carbocycles. The second-order valence-electron chi connectivity index (χ2n) is 4.51. The summed E-state index contributed by atoms with van der Waals surface area (Å²) in [6.07, 6.45) is 0.931. The minimum Gasteiger partial charge on any atom is -0.486 e. The van der Waals surface area contributed by atoms with Gasteiger partial charge in [0.15, 0.2) is 11.5 Å². The molecular formula is C15H15NO3. The highest BCUT2D eigenvalue weighted by molar-refractivity contribution is 5.46. The minimum absolute atomic E-state index is 0.537. The van der Waals surface area contributed by atoms with Crippen molar-refractivity contribution in [2.24, 2.45) is 0 Å². The van der Waals surface area contributed by atoms with Crippen LogP contribution in [0.15, 0.2) is 36.5 Å². The summed E-state index contributed by atoms with van der Waals surface area (Å²) in [4.78, 5) is 4.24. The SMILES string of the molecule is Cc1cccnc1C(O)c1ccc2c(c1)OCCO2. The number of hydrogen-bond acceptors (Lipinski definition) is 4. The van der Waals surface area contributed by atoms with Crippen LogP contribution in [0.5, 0.6) is 11.5 Å². The average molecular weight is 257 g/mol. The van der Waals surface area contributed by atoms with Crippen LogP contribution in [0, 0.1) is 6.92 Å². The number of aryl methyl sites for hydroxylation is 1. The Hall–Kier alpha value is -2.07. The van der Waals surface area contributed by atoms with Gasteiger partial charge in [0, 0.05) is 6.20 Å². The summed E-state index contributed by atoms with van der Waals surface area (Å²) < 4.78 is 11.0. The van der Waals surface area contributed by atoms with Crippen LogP contribution >= 0.6 is 0 Å². The third-order valence-corrected chi connectivity index (χ3v) is 3.19. The van der Waals surface area contributed by atoms with E-state index in [0.717, 1.165) is 16.9 Å². The molecule has 1 aromatic heterocycles. The molecule has 1 N–H and O–H groups in total. The van der Waals surface area contributed by atoms with Crippen LogP contribution in [0.2, 0.25) is 0 Å². The van der Waals surface area contributed by atoms with Crippen LogP contribution in [0.25, 0.3) is 0 Å². The largest absolute Gasteiger partial charge is 0.486 e. The van der Waals surface area contributed by atoms with Gasteiger partial charge in [0.25, 0.3) is 0 Å². The van der Waals surface area contributed by atoms with Crippen molar-refractivity contribution in [1.29, 1.82) is 0 Å². The topological polar surface area (TPSA) is 51.6 Å². The van der Waals surface area contributed by atoms with E-state index in [4.69, 9.17) is 9.47 Å². The smallest absolute Gasteiger partial charge is 0.161 e. The molecule has 0 saturated carbocycles. The van der Waals surface area contributed by atoms with Gasteiger partial charge in [-0.2, -0.15) is 0 Å². The Balaban J connectivity index is 1.96. The number of aromatic nitrogens is 1. The van der Waals surface area contributed by atoms with E-state index in [9.17, 15) is 5.11 Å². The lowest BCUT2D eigenvalue weighted by atomic mass is 10.0. The van der Waals surface area contributed by atoms with E-state index in [2.05, 4.69) is 4.98 Å². The fourth-order valence-electron chi connectivity index (χ4n) is 2.17. The van der Waals surface area contributed by atoms with Crippen molar-refractivity contribution in [3.8, 4) is 11.5 Å². The molecule has 0 fully saturated rings. The summed E-state index contributed by atoms with van der Waals surface area (Å²) in [5.41, 5.74) is 2.38. The van der Waals surface area contributed by atoms with Gasteiger partial charge < -0.3 is 14.6 Å². The zero-order valence-electron chi connectivity index (χ0n) is 10.7. The predicted octanol–water partition coefficient (Wildman–Crippen LogP) is 2.24. The summed E-state index contributed by atoms with van der Waals surface area (Å²) in [7, 11) is 0. The molecule has 0 bridgehead atoms. The molecule has 2 heterocycles. The molecule has 0 amide bonds. The minimum atomic E-state index is -0.753. The van der Waals surface area contributed by atoms with E-state index in [1.807, 2.05) is 37.3 Å². The molecule has 2 aromatic rings. The molecule has 0 saturated heterocycles. The van der Waals surface area contributed by atoms with E-state index in [1.165, 1.54) is 0 Å². The maximum Gasteiger partial charge on any atom is 0.161 e. The van der Waals surface area contributed by atoms with Gasteiger partial charge >= 0.3 is 0 Å². The summed E-state index contributed by atoms with van der Waals surface area (Å²) >= 11 is 0. The highest BCUT2D eigenvalue weighted by Crippen LogP contribution is 2.34. The van der Waals surface area contributed by atoms with Gasteiger partial charge in [0.2, 0.25) is 0 Å². The average Bonchev–Trinajstić information content (AvgIpc) is 2.46. The first-order valence-electron chi connectivity index (χ1n) is 6.25. The van der Waals surface area contributed by atoms with Gasteiger partial charge in [0.1, 0.15) is 19.3 Å². The maximum absolute atomic E-state index is 10.4. The number of aliphatic hydroxyl groups excluding tert-OH is 1. The Morgan fingerprint density at radius 1 is 1.16 bits per heavy atom.